The van der Waals surface area contributed by atoms with Gasteiger partial charge in [0, 0.05) is 6.54 Å². The third kappa shape index (κ3) is 10.9. The van der Waals surface area contributed by atoms with Crippen LogP contribution in [0, 0.1) is 0 Å². The van der Waals surface area contributed by atoms with Crippen molar-refractivity contribution in [3.05, 3.63) is 0 Å². The molecule has 0 aliphatic heterocycles. The molecule has 0 radical (unpaired) electrons. The van der Waals surface area contributed by atoms with Gasteiger partial charge in [0.2, 0.25) is 10.0 Å². The second-order valence-corrected chi connectivity index (χ2v) is 6.53. The number of halogens is 1. The van der Waals surface area contributed by atoms with Gasteiger partial charge in [-0.2, -0.15) is 0 Å². The molecule has 0 saturated carbocycles. The highest BCUT2D eigenvalue weighted by molar-refractivity contribution is 14.1. The maximum Gasteiger partial charge on any atom is 0.213 e. The van der Waals surface area contributed by atoms with Gasteiger partial charge < -0.3 is 4.74 Å². The molecule has 0 atom stereocenters. The fraction of sp³-hybridized carbons (Fsp3) is 1.00. The van der Waals surface area contributed by atoms with E-state index in [-0.39, 0.29) is 18.5 Å². The van der Waals surface area contributed by atoms with E-state index in [2.05, 4.69) is 27.3 Å². The monoisotopic (exact) mass is 349 g/mol. The Morgan fingerprint density at radius 1 is 1.33 bits per heavy atom. The second-order valence-electron chi connectivity index (χ2n) is 3.53. The molecule has 15 heavy (non-hydrogen) atoms. The average molecular weight is 349 g/mol. The van der Waals surface area contributed by atoms with Gasteiger partial charge in [0.15, 0.2) is 0 Å². The molecule has 0 spiro atoms. The van der Waals surface area contributed by atoms with Crippen LogP contribution in [0.3, 0.4) is 0 Å². The molecule has 0 heterocycles. The van der Waals surface area contributed by atoms with Gasteiger partial charge in [-0.3, -0.25) is 0 Å². The number of hydrogen-bond donors (Lipinski definition) is 1. The molecule has 0 fully saturated rings. The number of nitrogens with one attached hydrogen (secondary N) is 1. The van der Waals surface area contributed by atoms with E-state index in [1.54, 1.807) is 0 Å². The zero-order valence-corrected chi connectivity index (χ0v) is 12.3. The van der Waals surface area contributed by atoms with Crippen LogP contribution in [0.15, 0.2) is 0 Å². The van der Waals surface area contributed by atoms with Crippen LogP contribution in [0.25, 0.3) is 0 Å². The molecule has 0 aliphatic rings. The molecule has 0 saturated heterocycles. The number of ether oxygens (including phenoxy) is 1. The van der Waals surface area contributed by atoms with Crippen LogP contribution >= 0.6 is 22.6 Å². The maximum absolute atomic E-state index is 11.4. The first-order valence-corrected chi connectivity index (χ1v) is 8.30. The lowest BCUT2D eigenvalue weighted by molar-refractivity contribution is 0.0911. The quantitative estimate of drug-likeness (QED) is 0.390. The Morgan fingerprint density at radius 2 is 2.00 bits per heavy atom. The van der Waals surface area contributed by atoms with Crippen molar-refractivity contribution >= 4 is 32.6 Å². The van der Waals surface area contributed by atoms with Gasteiger partial charge >= 0.3 is 0 Å². The summed E-state index contributed by atoms with van der Waals surface area (Å²) in [6, 6.07) is 0. The highest BCUT2D eigenvalue weighted by atomic mass is 127. The first-order chi connectivity index (χ1) is 6.98. The molecule has 0 unspecified atom stereocenters. The molecule has 92 valence electrons. The Morgan fingerprint density at radius 3 is 2.53 bits per heavy atom. The van der Waals surface area contributed by atoms with E-state index in [4.69, 9.17) is 4.74 Å². The summed E-state index contributed by atoms with van der Waals surface area (Å²) in [5.41, 5.74) is 0. The molecule has 0 bridgehead atoms. The van der Waals surface area contributed by atoms with Crippen molar-refractivity contribution in [2.75, 3.05) is 23.3 Å². The zero-order chi connectivity index (χ0) is 11.7. The topological polar surface area (TPSA) is 55.4 Å². The number of rotatable bonds is 9. The van der Waals surface area contributed by atoms with Crippen molar-refractivity contribution in [1.82, 2.24) is 4.72 Å². The highest BCUT2D eigenvalue weighted by Crippen LogP contribution is 1.95. The van der Waals surface area contributed by atoms with Crippen LogP contribution in [0.2, 0.25) is 0 Å². The summed E-state index contributed by atoms with van der Waals surface area (Å²) < 4.78 is 31.6. The molecule has 0 aromatic carbocycles. The average Bonchev–Trinajstić information content (AvgIpc) is 2.11. The van der Waals surface area contributed by atoms with E-state index in [1.807, 2.05) is 13.8 Å². The molecule has 0 aromatic rings. The Balaban J connectivity index is 3.59. The van der Waals surface area contributed by atoms with Crippen LogP contribution < -0.4 is 4.72 Å². The predicted octanol–water partition coefficient (Wildman–Crippen LogP) is 1.55. The van der Waals surface area contributed by atoms with E-state index in [0.29, 0.717) is 6.54 Å². The fourth-order valence-electron chi connectivity index (χ4n) is 0.913. The normalized spacial score (nSPS) is 12.3. The van der Waals surface area contributed by atoms with Crippen molar-refractivity contribution in [3.63, 3.8) is 0 Å². The minimum atomic E-state index is -3.14. The predicted molar refractivity (Wildman–Crippen MR) is 71.0 cm³/mol. The Hall–Kier alpha value is 0.600. The minimum Gasteiger partial charge on any atom is -0.378 e. The highest BCUT2D eigenvalue weighted by Gasteiger charge is 2.09. The number of unbranched alkanes of at least 4 members (excludes halogenated alkanes) is 1. The van der Waals surface area contributed by atoms with Crippen molar-refractivity contribution in [1.29, 1.82) is 0 Å². The van der Waals surface area contributed by atoms with Crippen molar-refractivity contribution in [2.45, 2.75) is 32.8 Å². The number of sulfonamides is 1. The molecule has 1 N–H and O–H groups in total. The number of hydrogen-bond acceptors (Lipinski definition) is 3. The van der Waals surface area contributed by atoms with Crippen LogP contribution in [0.1, 0.15) is 26.7 Å². The van der Waals surface area contributed by atoms with Crippen LogP contribution in [-0.4, -0.2) is 37.9 Å². The van der Waals surface area contributed by atoms with E-state index >= 15 is 0 Å². The molecular formula is C9H20INO3S. The van der Waals surface area contributed by atoms with Gasteiger partial charge in [0.25, 0.3) is 0 Å². The summed E-state index contributed by atoms with van der Waals surface area (Å²) in [5.74, 6) is 0.0510. The number of alkyl halides is 1. The first kappa shape index (κ1) is 15.6. The summed E-state index contributed by atoms with van der Waals surface area (Å²) in [7, 11) is -3.14. The molecule has 6 heteroatoms. The van der Waals surface area contributed by atoms with Crippen LogP contribution in [0.4, 0.5) is 0 Å². The van der Waals surface area contributed by atoms with Crippen molar-refractivity contribution < 1.29 is 13.2 Å². The molecular weight excluding hydrogens is 329 g/mol. The standard InChI is InChI=1S/C9H20INO3S/c1-9(2)14-7-8-15(12,13)11-6-4-3-5-10/h9,11H,3-8H2,1-2H3. The summed E-state index contributed by atoms with van der Waals surface area (Å²) in [6.45, 7) is 4.58. The lowest BCUT2D eigenvalue weighted by Crippen LogP contribution is -2.29. The minimum absolute atomic E-state index is 0.0510. The summed E-state index contributed by atoms with van der Waals surface area (Å²) >= 11 is 2.28. The molecule has 4 nitrogen and oxygen atoms in total. The summed E-state index contributed by atoms with van der Waals surface area (Å²) in [5, 5.41) is 0. The van der Waals surface area contributed by atoms with Crippen molar-refractivity contribution in [3.8, 4) is 0 Å². The lowest BCUT2D eigenvalue weighted by atomic mass is 10.3. The lowest BCUT2D eigenvalue weighted by Gasteiger charge is -2.08. The van der Waals surface area contributed by atoms with Crippen LogP contribution in [0.5, 0.6) is 0 Å². The third-order valence-electron chi connectivity index (χ3n) is 1.69. The molecule has 0 amide bonds. The fourth-order valence-corrected chi connectivity index (χ4v) is 2.37. The van der Waals surface area contributed by atoms with Gasteiger partial charge in [-0.05, 0) is 31.1 Å². The largest absolute Gasteiger partial charge is 0.378 e. The smallest absolute Gasteiger partial charge is 0.213 e. The van der Waals surface area contributed by atoms with Gasteiger partial charge in [0.1, 0.15) is 0 Å². The van der Waals surface area contributed by atoms with Gasteiger partial charge in [-0.1, -0.05) is 22.6 Å². The third-order valence-corrected chi connectivity index (χ3v) is 3.80. The maximum atomic E-state index is 11.4. The Labute approximate surface area is 106 Å². The first-order valence-electron chi connectivity index (χ1n) is 5.13. The SMILES string of the molecule is CC(C)OCCS(=O)(=O)NCCCCI. The van der Waals surface area contributed by atoms with E-state index in [9.17, 15) is 8.42 Å². The summed E-state index contributed by atoms with van der Waals surface area (Å²) in [4.78, 5) is 0. The molecule has 0 rings (SSSR count). The van der Waals surface area contributed by atoms with E-state index in [0.717, 1.165) is 17.3 Å². The second kappa shape index (κ2) is 8.72. The van der Waals surface area contributed by atoms with Gasteiger partial charge in [0.05, 0.1) is 18.5 Å². The van der Waals surface area contributed by atoms with Crippen LogP contribution in [-0.2, 0) is 14.8 Å². The Bertz CT molecular complexity index is 242. The van der Waals surface area contributed by atoms with Crippen molar-refractivity contribution in [2.24, 2.45) is 0 Å². The Kier molecular flexibility index (Phi) is 9.07. The zero-order valence-electron chi connectivity index (χ0n) is 9.33. The van der Waals surface area contributed by atoms with Gasteiger partial charge in [-0.15, -0.1) is 0 Å². The molecule has 0 aliphatic carbocycles. The molecule has 0 aromatic heterocycles. The van der Waals surface area contributed by atoms with E-state index in [1.165, 1.54) is 0 Å². The van der Waals surface area contributed by atoms with E-state index < -0.39 is 10.0 Å². The van der Waals surface area contributed by atoms with Gasteiger partial charge in [-0.25, -0.2) is 13.1 Å². The summed E-state index contributed by atoms with van der Waals surface area (Å²) in [6.07, 6.45) is 2.03.